The Morgan fingerprint density at radius 3 is 2.41 bits per heavy atom. The standard InChI is InChI=1S/C21H17N3O5/c1-12-11-16(23-29-12)24-18(13-7-9-22-10-8-13)17(20(26)21(24)27)19(25)14-3-5-15(28-2)6-4-14/h3-11,18,25H,1-2H3/t18-/m1/s1. The molecule has 8 heteroatoms. The van der Waals surface area contributed by atoms with Crippen molar-refractivity contribution in [2.75, 3.05) is 12.0 Å². The highest BCUT2D eigenvalue weighted by Gasteiger charge is 2.48. The van der Waals surface area contributed by atoms with E-state index in [-0.39, 0.29) is 17.2 Å². The second-order valence-corrected chi connectivity index (χ2v) is 6.47. The number of aliphatic hydroxyl groups excluding tert-OH is 1. The predicted octanol–water partition coefficient (Wildman–Crippen LogP) is 3.01. The molecular formula is C21H17N3O5. The Morgan fingerprint density at radius 2 is 1.83 bits per heavy atom. The zero-order valence-electron chi connectivity index (χ0n) is 15.7. The molecule has 4 rings (SSSR count). The average Bonchev–Trinajstić information content (AvgIpc) is 3.29. The molecule has 1 atom stereocenters. The smallest absolute Gasteiger partial charge is 0.301 e. The fourth-order valence-corrected chi connectivity index (χ4v) is 3.30. The van der Waals surface area contributed by atoms with Crippen molar-refractivity contribution in [3.63, 3.8) is 0 Å². The summed E-state index contributed by atoms with van der Waals surface area (Å²) >= 11 is 0. The van der Waals surface area contributed by atoms with Gasteiger partial charge < -0.3 is 14.4 Å². The number of carbonyl (C=O) groups is 2. The molecule has 2 aromatic heterocycles. The van der Waals surface area contributed by atoms with Gasteiger partial charge in [0, 0.05) is 24.0 Å². The third-order valence-electron chi connectivity index (χ3n) is 4.69. The van der Waals surface area contributed by atoms with E-state index in [9.17, 15) is 14.7 Å². The lowest BCUT2D eigenvalue weighted by Gasteiger charge is -2.22. The van der Waals surface area contributed by atoms with E-state index in [1.54, 1.807) is 61.8 Å². The lowest BCUT2D eigenvalue weighted by molar-refractivity contribution is -0.132. The Kier molecular flexibility index (Phi) is 4.59. The van der Waals surface area contributed by atoms with Crippen LogP contribution in [0.3, 0.4) is 0 Å². The lowest BCUT2D eigenvalue weighted by Crippen LogP contribution is -2.29. The molecule has 1 fully saturated rings. The minimum atomic E-state index is -0.871. The maximum Gasteiger partial charge on any atom is 0.301 e. The Bertz CT molecular complexity index is 1100. The molecule has 1 aliphatic heterocycles. The molecule has 0 bridgehead atoms. The van der Waals surface area contributed by atoms with Crippen LogP contribution in [-0.4, -0.2) is 34.0 Å². The molecule has 3 heterocycles. The van der Waals surface area contributed by atoms with Crippen molar-refractivity contribution in [3.8, 4) is 5.75 Å². The lowest BCUT2D eigenvalue weighted by atomic mass is 9.96. The summed E-state index contributed by atoms with van der Waals surface area (Å²) in [6, 6.07) is 10.6. The molecule has 0 unspecified atom stereocenters. The number of ketones is 1. The minimum Gasteiger partial charge on any atom is -0.507 e. The van der Waals surface area contributed by atoms with E-state index >= 15 is 0 Å². The van der Waals surface area contributed by atoms with Crippen LogP contribution in [0.5, 0.6) is 5.75 Å². The van der Waals surface area contributed by atoms with Crippen molar-refractivity contribution in [1.29, 1.82) is 0 Å². The van der Waals surface area contributed by atoms with E-state index in [4.69, 9.17) is 9.26 Å². The normalized spacial score (nSPS) is 18.3. The monoisotopic (exact) mass is 391 g/mol. The summed E-state index contributed by atoms with van der Waals surface area (Å²) in [6.45, 7) is 1.69. The summed E-state index contributed by atoms with van der Waals surface area (Å²) in [5.41, 5.74) is 0.959. The van der Waals surface area contributed by atoms with Gasteiger partial charge in [0.25, 0.3) is 5.78 Å². The SMILES string of the molecule is COc1ccc(C(O)=C2C(=O)C(=O)N(c3cc(C)on3)[C@@H]2c2ccncc2)cc1. The van der Waals surface area contributed by atoms with Crippen molar-refractivity contribution >= 4 is 23.3 Å². The van der Waals surface area contributed by atoms with E-state index in [0.29, 0.717) is 22.6 Å². The zero-order chi connectivity index (χ0) is 20.5. The van der Waals surface area contributed by atoms with Gasteiger partial charge in [0.1, 0.15) is 17.3 Å². The molecular weight excluding hydrogens is 374 g/mol. The Morgan fingerprint density at radius 1 is 1.14 bits per heavy atom. The fraction of sp³-hybridized carbons (Fsp3) is 0.143. The number of rotatable bonds is 4. The van der Waals surface area contributed by atoms with Gasteiger partial charge in [-0.25, -0.2) is 0 Å². The van der Waals surface area contributed by atoms with E-state index in [0.717, 1.165) is 0 Å². The Labute approximate surface area is 166 Å². The van der Waals surface area contributed by atoms with Crippen molar-refractivity contribution in [2.24, 2.45) is 0 Å². The maximum absolute atomic E-state index is 12.9. The summed E-state index contributed by atoms with van der Waals surface area (Å²) in [5.74, 6) is -0.594. The molecule has 0 saturated carbocycles. The number of hydrogen-bond donors (Lipinski definition) is 1. The first-order valence-corrected chi connectivity index (χ1v) is 8.80. The number of methoxy groups -OCH3 is 1. The summed E-state index contributed by atoms with van der Waals surface area (Å²) in [4.78, 5) is 31.0. The van der Waals surface area contributed by atoms with Crippen LogP contribution < -0.4 is 9.64 Å². The third-order valence-corrected chi connectivity index (χ3v) is 4.69. The predicted molar refractivity (Wildman–Crippen MR) is 103 cm³/mol. The molecule has 8 nitrogen and oxygen atoms in total. The molecule has 0 aliphatic carbocycles. The zero-order valence-corrected chi connectivity index (χ0v) is 15.7. The van der Waals surface area contributed by atoms with Crippen LogP contribution in [0.2, 0.25) is 0 Å². The van der Waals surface area contributed by atoms with Crippen LogP contribution in [0.1, 0.15) is 22.9 Å². The molecule has 29 heavy (non-hydrogen) atoms. The number of benzene rings is 1. The van der Waals surface area contributed by atoms with Crippen molar-refractivity contribution in [3.05, 3.63) is 77.3 Å². The Hall–Kier alpha value is -3.94. The fourth-order valence-electron chi connectivity index (χ4n) is 3.30. The summed E-state index contributed by atoms with van der Waals surface area (Å²) in [5, 5.41) is 14.8. The first-order valence-electron chi connectivity index (χ1n) is 8.80. The molecule has 1 saturated heterocycles. The summed E-state index contributed by atoms with van der Waals surface area (Å²) < 4.78 is 10.2. The highest BCUT2D eigenvalue weighted by atomic mass is 16.5. The third kappa shape index (κ3) is 3.14. The number of pyridine rings is 1. The van der Waals surface area contributed by atoms with Crippen LogP contribution in [0.4, 0.5) is 5.82 Å². The average molecular weight is 391 g/mol. The number of ether oxygens (including phenoxy) is 1. The molecule has 1 aromatic carbocycles. The molecule has 1 amide bonds. The number of hydrogen-bond acceptors (Lipinski definition) is 7. The second kappa shape index (κ2) is 7.23. The first-order chi connectivity index (χ1) is 14.0. The van der Waals surface area contributed by atoms with Crippen molar-refractivity contribution < 1.29 is 24.0 Å². The van der Waals surface area contributed by atoms with Crippen LogP contribution in [0.15, 0.2) is 65.0 Å². The number of carbonyl (C=O) groups excluding carboxylic acids is 2. The highest BCUT2D eigenvalue weighted by Crippen LogP contribution is 2.41. The maximum atomic E-state index is 12.9. The van der Waals surface area contributed by atoms with Gasteiger partial charge in [0.05, 0.1) is 18.7 Å². The van der Waals surface area contributed by atoms with Gasteiger partial charge in [-0.05, 0) is 48.9 Å². The van der Waals surface area contributed by atoms with Gasteiger partial charge in [-0.15, -0.1) is 0 Å². The van der Waals surface area contributed by atoms with Crippen LogP contribution >= 0.6 is 0 Å². The Balaban J connectivity index is 1.90. The number of nitrogens with zero attached hydrogens (tertiary/aromatic N) is 3. The largest absolute Gasteiger partial charge is 0.507 e. The van der Waals surface area contributed by atoms with Crippen molar-refractivity contribution in [2.45, 2.75) is 13.0 Å². The van der Waals surface area contributed by atoms with E-state index in [1.807, 2.05) is 0 Å². The molecule has 1 aliphatic rings. The van der Waals surface area contributed by atoms with E-state index < -0.39 is 17.7 Å². The van der Waals surface area contributed by atoms with Gasteiger partial charge in [0.2, 0.25) is 0 Å². The molecule has 3 aromatic rings. The summed E-state index contributed by atoms with van der Waals surface area (Å²) in [7, 11) is 1.53. The number of aliphatic hydroxyl groups is 1. The van der Waals surface area contributed by atoms with E-state index in [2.05, 4.69) is 10.1 Å². The van der Waals surface area contributed by atoms with Gasteiger partial charge in [0.15, 0.2) is 5.82 Å². The van der Waals surface area contributed by atoms with Gasteiger partial charge in [-0.2, -0.15) is 0 Å². The highest BCUT2D eigenvalue weighted by molar-refractivity contribution is 6.51. The van der Waals surface area contributed by atoms with Crippen LogP contribution in [0, 0.1) is 6.92 Å². The number of amides is 1. The summed E-state index contributed by atoms with van der Waals surface area (Å²) in [6.07, 6.45) is 3.10. The topological polar surface area (TPSA) is 106 Å². The quantitative estimate of drug-likeness (QED) is 0.414. The molecule has 0 radical (unpaired) electrons. The molecule has 1 N–H and O–H groups in total. The number of aryl methyl sites for hydroxylation is 1. The van der Waals surface area contributed by atoms with Gasteiger partial charge in [-0.3, -0.25) is 19.5 Å². The minimum absolute atomic E-state index is 0.0352. The number of aromatic nitrogens is 2. The number of anilines is 1. The number of Topliss-reactive ketones (excluding diaryl/α,β-unsaturated/α-hetero) is 1. The van der Waals surface area contributed by atoms with Gasteiger partial charge in [-0.1, -0.05) is 5.16 Å². The second-order valence-electron chi connectivity index (χ2n) is 6.47. The van der Waals surface area contributed by atoms with Crippen LogP contribution in [0.25, 0.3) is 5.76 Å². The van der Waals surface area contributed by atoms with E-state index in [1.165, 1.54) is 12.0 Å². The van der Waals surface area contributed by atoms with Crippen LogP contribution in [-0.2, 0) is 9.59 Å². The first kappa shape index (κ1) is 18.4. The van der Waals surface area contributed by atoms with Gasteiger partial charge >= 0.3 is 5.91 Å². The molecule has 146 valence electrons. The van der Waals surface area contributed by atoms with Crippen molar-refractivity contribution in [1.82, 2.24) is 10.1 Å². The molecule has 0 spiro atoms.